The number of para-hydroxylation sites is 1. The van der Waals surface area contributed by atoms with Crippen molar-refractivity contribution >= 4 is 40.5 Å². The molecule has 0 bridgehead atoms. The van der Waals surface area contributed by atoms with Crippen molar-refractivity contribution in [3.8, 4) is 0 Å². The van der Waals surface area contributed by atoms with Gasteiger partial charge in [-0.25, -0.2) is 5.43 Å². The second kappa shape index (κ2) is 10.4. The van der Waals surface area contributed by atoms with Crippen LogP contribution in [0.25, 0.3) is 10.9 Å². The first-order valence-electron chi connectivity index (χ1n) is 9.56. The molecule has 3 aromatic rings. The number of unbranched alkanes of at least 4 members (excludes halogenated alkanes) is 2. The van der Waals surface area contributed by atoms with E-state index in [1.54, 1.807) is 30.5 Å². The van der Waals surface area contributed by atoms with E-state index < -0.39 is 0 Å². The van der Waals surface area contributed by atoms with E-state index in [9.17, 15) is 9.59 Å². The SMILES string of the molecule is O=C(CCCCCNC(=O)c1ccccc1Cl)NN=Cc1c[nH]c2ccccc12. The lowest BCUT2D eigenvalue weighted by Crippen LogP contribution is -2.24. The van der Waals surface area contributed by atoms with E-state index in [1.165, 1.54) is 0 Å². The molecule has 6 nitrogen and oxygen atoms in total. The zero-order valence-corrected chi connectivity index (χ0v) is 16.7. The van der Waals surface area contributed by atoms with Gasteiger partial charge in [0.25, 0.3) is 5.91 Å². The first-order valence-corrected chi connectivity index (χ1v) is 9.93. The summed E-state index contributed by atoms with van der Waals surface area (Å²) in [6, 6.07) is 14.9. The van der Waals surface area contributed by atoms with Crippen molar-refractivity contribution in [2.24, 2.45) is 5.10 Å². The first kappa shape index (κ1) is 20.6. The van der Waals surface area contributed by atoms with Crippen molar-refractivity contribution < 1.29 is 9.59 Å². The van der Waals surface area contributed by atoms with Gasteiger partial charge in [0.15, 0.2) is 0 Å². The zero-order chi connectivity index (χ0) is 20.5. The number of H-pyrrole nitrogens is 1. The van der Waals surface area contributed by atoms with Gasteiger partial charge in [-0.05, 0) is 31.0 Å². The third kappa shape index (κ3) is 5.93. The summed E-state index contributed by atoms with van der Waals surface area (Å²) in [5, 5.41) is 8.37. The minimum absolute atomic E-state index is 0.124. The smallest absolute Gasteiger partial charge is 0.252 e. The maximum atomic E-state index is 12.0. The number of halogens is 1. The largest absolute Gasteiger partial charge is 0.361 e. The third-order valence-electron chi connectivity index (χ3n) is 4.50. The standard InChI is InChI=1S/C22H23ClN4O2/c23-19-10-5-3-9-18(19)22(29)24-13-7-1-2-12-21(28)27-26-15-16-14-25-20-11-6-4-8-17(16)20/h3-6,8-11,14-15,25H,1-2,7,12-13H2,(H,24,29)(H,27,28). The maximum Gasteiger partial charge on any atom is 0.252 e. The number of fused-ring (bicyclic) bond motifs is 1. The number of nitrogens with one attached hydrogen (secondary N) is 3. The predicted molar refractivity (Wildman–Crippen MR) is 116 cm³/mol. The molecule has 29 heavy (non-hydrogen) atoms. The summed E-state index contributed by atoms with van der Waals surface area (Å²) in [4.78, 5) is 27.1. The molecule has 0 aliphatic rings. The van der Waals surface area contributed by atoms with Crippen LogP contribution < -0.4 is 10.7 Å². The van der Waals surface area contributed by atoms with Crippen molar-refractivity contribution in [2.75, 3.05) is 6.54 Å². The molecule has 3 rings (SSSR count). The number of benzene rings is 2. The summed E-state index contributed by atoms with van der Waals surface area (Å²) in [5.41, 5.74) is 4.98. The highest BCUT2D eigenvalue weighted by Gasteiger charge is 2.08. The topological polar surface area (TPSA) is 86.3 Å². The molecular weight excluding hydrogens is 388 g/mol. The maximum absolute atomic E-state index is 12.0. The Morgan fingerprint density at radius 3 is 2.69 bits per heavy atom. The number of carbonyl (C=O) groups excluding carboxylic acids is 2. The number of rotatable bonds is 9. The monoisotopic (exact) mass is 410 g/mol. The van der Waals surface area contributed by atoms with Gasteiger partial charge >= 0.3 is 0 Å². The van der Waals surface area contributed by atoms with Gasteiger partial charge in [-0.2, -0.15) is 5.10 Å². The molecule has 2 aromatic carbocycles. The molecule has 7 heteroatoms. The van der Waals surface area contributed by atoms with Gasteiger partial charge in [-0.3, -0.25) is 9.59 Å². The summed E-state index contributed by atoms with van der Waals surface area (Å²) in [6.07, 6.45) is 6.25. The van der Waals surface area contributed by atoms with Crippen LogP contribution in [-0.4, -0.2) is 29.6 Å². The number of hydrogen-bond donors (Lipinski definition) is 3. The highest BCUT2D eigenvalue weighted by molar-refractivity contribution is 6.33. The highest BCUT2D eigenvalue weighted by Crippen LogP contribution is 2.16. The molecule has 0 saturated carbocycles. The molecule has 3 N–H and O–H groups in total. The number of aromatic nitrogens is 1. The summed E-state index contributed by atoms with van der Waals surface area (Å²) in [6.45, 7) is 0.546. The van der Waals surface area contributed by atoms with E-state index in [2.05, 4.69) is 20.8 Å². The van der Waals surface area contributed by atoms with Crippen molar-refractivity contribution in [2.45, 2.75) is 25.7 Å². The molecular formula is C22H23ClN4O2. The molecule has 0 unspecified atom stereocenters. The van der Waals surface area contributed by atoms with Crippen molar-refractivity contribution in [1.29, 1.82) is 0 Å². The molecule has 1 heterocycles. The van der Waals surface area contributed by atoms with E-state index in [-0.39, 0.29) is 11.8 Å². The molecule has 0 radical (unpaired) electrons. The van der Waals surface area contributed by atoms with Crippen LogP contribution in [-0.2, 0) is 4.79 Å². The molecule has 0 aliphatic heterocycles. The van der Waals surface area contributed by atoms with Gasteiger partial charge in [-0.1, -0.05) is 48.4 Å². The number of hydrazone groups is 1. The van der Waals surface area contributed by atoms with Gasteiger partial charge in [0.2, 0.25) is 5.91 Å². The van der Waals surface area contributed by atoms with Crippen LogP contribution in [0.5, 0.6) is 0 Å². The molecule has 0 saturated heterocycles. The van der Waals surface area contributed by atoms with Gasteiger partial charge in [0, 0.05) is 35.6 Å². The van der Waals surface area contributed by atoms with Gasteiger partial charge < -0.3 is 10.3 Å². The van der Waals surface area contributed by atoms with Gasteiger partial charge in [0.05, 0.1) is 16.8 Å². The summed E-state index contributed by atoms with van der Waals surface area (Å²) in [7, 11) is 0. The second-order valence-electron chi connectivity index (χ2n) is 6.63. The quantitative estimate of drug-likeness (QED) is 0.279. The van der Waals surface area contributed by atoms with Crippen molar-refractivity contribution in [3.63, 3.8) is 0 Å². The predicted octanol–water partition coefficient (Wildman–Crippen LogP) is 4.26. The molecule has 1 aromatic heterocycles. The lowest BCUT2D eigenvalue weighted by molar-refractivity contribution is -0.121. The molecule has 0 spiro atoms. The fraction of sp³-hybridized carbons (Fsp3) is 0.227. The zero-order valence-electron chi connectivity index (χ0n) is 16.0. The highest BCUT2D eigenvalue weighted by atomic mass is 35.5. The fourth-order valence-corrected chi connectivity index (χ4v) is 3.18. The molecule has 150 valence electrons. The summed E-state index contributed by atoms with van der Waals surface area (Å²) in [5.74, 6) is -0.304. The van der Waals surface area contributed by atoms with E-state index in [1.807, 2.05) is 30.5 Å². The second-order valence-corrected chi connectivity index (χ2v) is 7.04. The van der Waals surface area contributed by atoms with E-state index in [0.29, 0.717) is 23.6 Å². The Labute approximate surface area is 174 Å². The summed E-state index contributed by atoms with van der Waals surface area (Å²) >= 11 is 6.00. The Bertz CT molecular complexity index is 1010. The third-order valence-corrected chi connectivity index (χ3v) is 4.83. The van der Waals surface area contributed by atoms with E-state index in [0.717, 1.165) is 35.7 Å². The van der Waals surface area contributed by atoms with Crippen LogP contribution in [0.15, 0.2) is 59.8 Å². The Morgan fingerprint density at radius 2 is 1.83 bits per heavy atom. The number of carbonyl (C=O) groups is 2. The normalized spacial score (nSPS) is 11.1. The molecule has 0 fully saturated rings. The minimum atomic E-state index is -0.181. The number of nitrogens with zero attached hydrogens (tertiary/aromatic N) is 1. The van der Waals surface area contributed by atoms with Crippen LogP contribution in [0.4, 0.5) is 0 Å². The van der Waals surface area contributed by atoms with Crippen molar-refractivity contribution in [3.05, 3.63) is 70.9 Å². The molecule has 0 atom stereocenters. The number of amides is 2. The van der Waals surface area contributed by atoms with Crippen LogP contribution in [0.2, 0.25) is 5.02 Å². The summed E-state index contributed by atoms with van der Waals surface area (Å²) < 4.78 is 0. The van der Waals surface area contributed by atoms with Gasteiger partial charge in [-0.15, -0.1) is 0 Å². The Balaban J connectivity index is 1.30. The van der Waals surface area contributed by atoms with Crippen LogP contribution in [0.3, 0.4) is 0 Å². The number of hydrogen-bond acceptors (Lipinski definition) is 3. The molecule has 0 aliphatic carbocycles. The van der Waals surface area contributed by atoms with Crippen LogP contribution in [0.1, 0.15) is 41.6 Å². The van der Waals surface area contributed by atoms with E-state index in [4.69, 9.17) is 11.6 Å². The number of aromatic amines is 1. The fourth-order valence-electron chi connectivity index (χ4n) is 2.96. The molecule has 2 amide bonds. The average Bonchev–Trinajstić information content (AvgIpc) is 3.14. The average molecular weight is 411 g/mol. The Kier molecular flexibility index (Phi) is 7.41. The minimum Gasteiger partial charge on any atom is -0.361 e. The Morgan fingerprint density at radius 1 is 1.03 bits per heavy atom. The van der Waals surface area contributed by atoms with Crippen molar-refractivity contribution in [1.82, 2.24) is 15.7 Å². The van der Waals surface area contributed by atoms with Crippen LogP contribution >= 0.6 is 11.6 Å². The first-order chi connectivity index (χ1) is 14.1. The lowest BCUT2D eigenvalue weighted by Gasteiger charge is -2.06. The lowest BCUT2D eigenvalue weighted by atomic mass is 10.1. The van der Waals surface area contributed by atoms with E-state index >= 15 is 0 Å². The van der Waals surface area contributed by atoms with Gasteiger partial charge in [0.1, 0.15) is 0 Å². The Hall–Kier alpha value is -3.12. The van der Waals surface area contributed by atoms with Crippen LogP contribution in [0, 0.1) is 0 Å².